The zero-order valence-corrected chi connectivity index (χ0v) is 15.3. The van der Waals surface area contributed by atoms with E-state index in [0.29, 0.717) is 0 Å². The Morgan fingerprint density at radius 1 is 0.917 bits per heavy atom. The molecule has 0 bridgehead atoms. The van der Waals surface area contributed by atoms with Crippen LogP contribution >= 0.6 is 0 Å². The second kappa shape index (κ2) is 5.48. The topological polar surface area (TPSA) is 30.9 Å². The van der Waals surface area contributed by atoms with E-state index in [1.54, 1.807) is 0 Å². The van der Waals surface area contributed by atoms with Gasteiger partial charge in [0.1, 0.15) is 11.4 Å². The number of ether oxygens (including phenoxy) is 1. The summed E-state index contributed by atoms with van der Waals surface area (Å²) in [5, 5.41) is 0. The molecule has 3 aliphatic heterocycles. The first kappa shape index (κ1) is 16.4. The van der Waals surface area contributed by atoms with Crippen LogP contribution in [0.2, 0.25) is 0 Å². The van der Waals surface area contributed by atoms with Crippen molar-refractivity contribution in [2.45, 2.75) is 70.2 Å². The fraction of sp³-hybridized carbons (Fsp3) is 0.684. The van der Waals surface area contributed by atoms with Gasteiger partial charge in [-0.25, -0.2) is 0 Å². The lowest BCUT2D eigenvalue weighted by Gasteiger charge is -2.45. The smallest absolute Gasteiger partial charge is 0.487 e. The number of nitrogens with zero attached hydrogens (tertiary/aromatic N) is 1. The Hall–Kier alpha value is -1.04. The van der Waals surface area contributed by atoms with E-state index in [0.717, 1.165) is 44.5 Å². The first-order valence-electron chi connectivity index (χ1n) is 9.17. The normalized spacial score (nSPS) is 27.8. The van der Waals surface area contributed by atoms with Gasteiger partial charge >= 0.3 is 7.25 Å². The summed E-state index contributed by atoms with van der Waals surface area (Å²) >= 11 is 0. The lowest BCUT2D eigenvalue weighted by Crippen LogP contribution is -2.54. The van der Waals surface area contributed by atoms with Gasteiger partial charge in [-0.1, -0.05) is 18.2 Å². The maximum atomic E-state index is 6.44. The van der Waals surface area contributed by atoms with E-state index in [-0.39, 0.29) is 24.1 Å². The fourth-order valence-corrected chi connectivity index (χ4v) is 3.91. The summed E-state index contributed by atoms with van der Waals surface area (Å²) in [7, 11) is -0.233. The summed E-state index contributed by atoms with van der Waals surface area (Å²) in [5.74, 6) is 1.08. The maximum Gasteiger partial charge on any atom is 0.558 e. The Labute approximate surface area is 145 Å². The quantitative estimate of drug-likeness (QED) is 0.739. The van der Waals surface area contributed by atoms with Gasteiger partial charge in [-0.3, -0.25) is 4.81 Å². The second-order valence-electron chi connectivity index (χ2n) is 8.49. The Bertz CT molecular complexity index is 607. The average Bonchev–Trinajstić information content (AvgIpc) is 2.76. The highest BCUT2D eigenvalue weighted by Gasteiger charge is 2.55. The predicted octanol–water partition coefficient (Wildman–Crippen LogP) is 3.44. The highest BCUT2D eigenvalue weighted by atomic mass is 16.7. The zero-order valence-electron chi connectivity index (χ0n) is 15.3. The largest absolute Gasteiger partial charge is 0.558 e. The Balaban J connectivity index is 1.42. The first-order chi connectivity index (χ1) is 11.3. The number of aryl methyl sites for hydroxylation is 1. The first-order valence-corrected chi connectivity index (χ1v) is 9.17. The predicted molar refractivity (Wildman–Crippen MR) is 95.0 cm³/mol. The molecule has 5 heteroatoms. The highest BCUT2D eigenvalue weighted by molar-refractivity contribution is 6.42. The van der Waals surface area contributed by atoms with Gasteiger partial charge in [0.15, 0.2) is 0 Å². The minimum Gasteiger partial charge on any atom is -0.487 e. The Morgan fingerprint density at radius 3 is 2.21 bits per heavy atom. The summed E-state index contributed by atoms with van der Waals surface area (Å²) in [6, 6.07) is 8.46. The van der Waals surface area contributed by atoms with Crippen LogP contribution in [0.5, 0.6) is 5.75 Å². The molecule has 0 radical (unpaired) electrons. The molecule has 2 saturated heterocycles. The number of rotatable bonds is 1. The summed E-state index contributed by atoms with van der Waals surface area (Å²) in [6.07, 6.45) is 4.30. The molecule has 0 aromatic heterocycles. The van der Waals surface area contributed by atoms with Crippen molar-refractivity contribution < 1.29 is 14.0 Å². The van der Waals surface area contributed by atoms with Gasteiger partial charge in [0, 0.05) is 0 Å². The van der Waals surface area contributed by atoms with E-state index in [2.05, 4.69) is 56.8 Å². The molecule has 1 spiro atoms. The van der Waals surface area contributed by atoms with Crippen LogP contribution in [0.15, 0.2) is 24.3 Å². The molecule has 0 unspecified atom stereocenters. The fourth-order valence-electron chi connectivity index (χ4n) is 3.91. The van der Waals surface area contributed by atoms with Gasteiger partial charge in [0.2, 0.25) is 0 Å². The molecule has 0 saturated carbocycles. The maximum absolute atomic E-state index is 6.44. The molecule has 2 fully saturated rings. The summed E-state index contributed by atoms with van der Waals surface area (Å²) in [5.41, 5.74) is 0.797. The van der Waals surface area contributed by atoms with E-state index in [4.69, 9.17) is 14.0 Å². The van der Waals surface area contributed by atoms with Gasteiger partial charge in [0.05, 0.1) is 11.2 Å². The van der Waals surface area contributed by atoms with Crippen molar-refractivity contribution in [3.05, 3.63) is 29.8 Å². The Morgan fingerprint density at radius 2 is 1.54 bits per heavy atom. The van der Waals surface area contributed by atoms with Crippen molar-refractivity contribution in [3.63, 3.8) is 0 Å². The van der Waals surface area contributed by atoms with Crippen molar-refractivity contribution in [2.75, 3.05) is 13.1 Å². The van der Waals surface area contributed by atoms with Gasteiger partial charge in [-0.15, -0.1) is 0 Å². The molecule has 1 aromatic carbocycles. The third-order valence-corrected chi connectivity index (χ3v) is 6.40. The third-order valence-electron chi connectivity index (χ3n) is 6.40. The van der Waals surface area contributed by atoms with Gasteiger partial charge in [0.25, 0.3) is 0 Å². The molecule has 0 N–H and O–H groups in total. The molecule has 3 heterocycles. The summed E-state index contributed by atoms with van der Waals surface area (Å²) in [4.78, 5) is 2.33. The molecular weight excluding hydrogens is 301 g/mol. The van der Waals surface area contributed by atoms with Gasteiger partial charge < -0.3 is 14.0 Å². The Kier molecular flexibility index (Phi) is 3.75. The van der Waals surface area contributed by atoms with Crippen LogP contribution < -0.4 is 4.74 Å². The monoisotopic (exact) mass is 329 g/mol. The van der Waals surface area contributed by atoms with E-state index in [1.165, 1.54) is 5.56 Å². The number of hydrogen-bond donors (Lipinski definition) is 0. The van der Waals surface area contributed by atoms with E-state index in [9.17, 15) is 0 Å². The van der Waals surface area contributed by atoms with Crippen molar-refractivity contribution in [1.29, 1.82) is 0 Å². The van der Waals surface area contributed by atoms with Crippen LogP contribution in [0.1, 0.15) is 52.5 Å². The molecule has 0 aliphatic carbocycles. The van der Waals surface area contributed by atoms with Crippen molar-refractivity contribution >= 4 is 7.25 Å². The number of piperidine rings is 1. The number of fused-ring (bicyclic) bond motifs is 1. The molecule has 1 aromatic rings. The summed E-state index contributed by atoms with van der Waals surface area (Å²) < 4.78 is 18.8. The van der Waals surface area contributed by atoms with E-state index >= 15 is 0 Å². The standard InChI is InChI=1S/C19H28BNO3/c1-17(2)18(3,4)24-20(23-17)21-13-11-19(12-14-21)10-9-15-7-5-6-8-16(15)22-19/h5-8H,9-14H2,1-4H3. The number of para-hydroxylation sites is 1. The highest BCUT2D eigenvalue weighted by Crippen LogP contribution is 2.42. The second-order valence-corrected chi connectivity index (χ2v) is 8.49. The van der Waals surface area contributed by atoms with Crippen LogP contribution in [-0.2, 0) is 15.7 Å². The van der Waals surface area contributed by atoms with E-state index < -0.39 is 0 Å². The molecule has 4 rings (SSSR count). The third kappa shape index (κ3) is 2.67. The van der Waals surface area contributed by atoms with E-state index in [1.807, 2.05) is 0 Å². The average molecular weight is 329 g/mol. The molecule has 24 heavy (non-hydrogen) atoms. The molecule has 4 nitrogen and oxygen atoms in total. The molecular formula is C19H28BNO3. The lowest BCUT2D eigenvalue weighted by molar-refractivity contribution is -0.00590. The molecule has 0 amide bonds. The van der Waals surface area contributed by atoms with Crippen LogP contribution in [0.3, 0.4) is 0 Å². The summed E-state index contributed by atoms with van der Waals surface area (Å²) in [6.45, 7) is 10.4. The van der Waals surface area contributed by atoms with Crippen LogP contribution in [0.4, 0.5) is 0 Å². The number of benzene rings is 1. The van der Waals surface area contributed by atoms with Crippen molar-refractivity contribution in [2.24, 2.45) is 0 Å². The van der Waals surface area contributed by atoms with Crippen molar-refractivity contribution in [3.8, 4) is 5.75 Å². The SMILES string of the molecule is CC1(C)OB(N2CCC3(CCc4ccccc4O3)CC2)OC1(C)C. The zero-order chi connectivity index (χ0) is 17.0. The minimum atomic E-state index is -0.271. The molecule has 0 atom stereocenters. The lowest BCUT2D eigenvalue weighted by atomic mass is 9.81. The van der Waals surface area contributed by atoms with Crippen LogP contribution in [0, 0.1) is 0 Å². The van der Waals surface area contributed by atoms with Gasteiger partial charge in [-0.2, -0.15) is 0 Å². The molecule has 3 aliphatic rings. The van der Waals surface area contributed by atoms with Crippen LogP contribution in [-0.4, -0.2) is 42.0 Å². The van der Waals surface area contributed by atoms with Gasteiger partial charge in [-0.05, 0) is 78.1 Å². The van der Waals surface area contributed by atoms with Crippen molar-refractivity contribution in [1.82, 2.24) is 4.81 Å². The molecule has 130 valence electrons. The van der Waals surface area contributed by atoms with Crippen LogP contribution in [0.25, 0.3) is 0 Å². The number of hydrogen-bond acceptors (Lipinski definition) is 4. The minimum absolute atomic E-state index is 0.00546.